The van der Waals surface area contributed by atoms with Crippen molar-refractivity contribution in [3.05, 3.63) is 16.4 Å². The van der Waals surface area contributed by atoms with Gasteiger partial charge in [-0.05, 0) is 36.2 Å². The molecule has 0 fully saturated rings. The highest BCUT2D eigenvalue weighted by Crippen LogP contribution is 2.21. The van der Waals surface area contributed by atoms with Crippen molar-refractivity contribution >= 4 is 21.7 Å². The third-order valence-corrected chi connectivity index (χ3v) is 3.03. The van der Waals surface area contributed by atoms with Crippen LogP contribution in [0.3, 0.4) is 0 Å². The molecule has 0 aliphatic heterocycles. The van der Waals surface area contributed by atoms with Gasteiger partial charge in [0.1, 0.15) is 5.78 Å². The Morgan fingerprint density at radius 3 is 2.80 bits per heavy atom. The minimum absolute atomic E-state index is 0.304. The van der Waals surface area contributed by atoms with Gasteiger partial charge in [0.05, 0.1) is 16.4 Å². The average molecular weight is 273 g/mol. The molecule has 0 atom stereocenters. The summed E-state index contributed by atoms with van der Waals surface area (Å²) in [6, 6.07) is 0.336. The van der Waals surface area contributed by atoms with E-state index >= 15 is 0 Å². The summed E-state index contributed by atoms with van der Waals surface area (Å²) in [5, 5.41) is 4.28. The summed E-state index contributed by atoms with van der Waals surface area (Å²) in [5.41, 5.74) is 1.12. The van der Waals surface area contributed by atoms with Gasteiger partial charge in [0.25, 0.3) is 0 Å². The number of carbonyl (C=O) groups excluding carboxylic acids is 1. The molecule has 4 heteroatoms. The maximum absolute atomic E-state index is 11.3. The maximum atomic E-state index is 11.3. The Morgan fingerprint density at radius 2 is 2.27 bits per heavy atom. The SMILES string of the molecule is CCC(=O)CCc1c(Br)cnn1C(C)C. The fraction of sp³-hybridized carbons (Fsp3) is 0.636. The van der Waals surface area contributed by atoms with Crippen molar-refractivity contribution in [2.75, 3.05) is 0 Å². The summed E-state index contributed by atoms with van der Waals surface area (Å²) >= 11 is 3.46. The predicted molar refractivity (Wildman–Crippen MR) is 63.9 cm³/mol. The van der Waals surface area contributed by atoms with Crippen molar-refractivity contribution < 1.29 is 4.79 Å². The lowest BCUT2D eigenvalue weighted by atomic mass is 10.1. The zero-order chi connectivity index (χ0) is 11.4. The number of rotatable bonds is 5. The smallest absolute Gasteiger partial charge is 0.133 e. The maximum Gasteiger partial charge on any atom is 0.133 e. The molecular formula is C11H17BrN2O. The van der Waals surface area contributed by atoms with Crippen LogP contribution < -0.4 is 0 Å². The second-order valence-corrected chi connectivity index (χ2v) is 4.72. The van der Waals surface area contributed by atoms with Gasteiger partial charge in [-0.15, -0.1) is 0 Å². The summed E-state index contributed by atoms with van der Waals surface area (Å²) in [7, 11) is 0. The Bertz CT molecular complexity index is 344. The number of aromatic nitrogens is 2. The van der Waals surface area contributed by atoms with Gasteiger partial charge in [0, 0.05) is 18.9 Å². The van der Waals surface area contributed by atoms with Gasteiger partial charge in [-0.2, -0.15) is 5.10 Å². The van der Waals surface area contributed by atoms with Crippen LogP contribution in [0.15, 0.2) is 10.7 Å². The Balaban J connectivity index is 2.74. The van der Waals surface area contributed by atoms with E-state index in [0.29, 0.717) is 24.7 Å². The van der Waals surface area contributed by atoms with E-state index in [9.17, 15) is 4.79 Å². The van der Waals surface area contributed by atoms with E-state index in [1.54, 1.807) is 6.20 Å². The quantitative estimate of drug-likeness (QED) is 0.826. The summed E-state index contributed by atoms with van der Waals surface area (Å²) in [6.07, 6.45) is 3.79. The van der Waals surface area contributed by atoms with E-state index in [-0.39, 0.29) is 0 Å². The van der Waals surface area contributed by atoms with Crippen LogP contribution >= 0.6 is 15.9 Å². The third kappa shape index (κ3) is 3.16. The molecule has 1 aromatic rings. The van der Waals surface area contributed by atoms with Crippen LogP contribution in [0.1, 0.15) is 45.3 Å². The number of carbonyl (C=O) groups is 1. The third-order valence-electron chi connectivity index (χ3n) is 2.37. The van der Waals surface area contributed by atoms with Crippen molar-refractivity contribution in [3.63, 3.8) is 0 Å². The second kappa shape index (κ2) is 5.45. The topological polar surface area (TPSA) is 34.9 Å². The highest BCUT2D eigenvalue weighted by atomic mass is 79.9. The zero-order valence-electron chi connectivity index (χ0n) is 9.46. The minimum atomic E-state index is 0.304. The van der Waals surface area contributed by atoms with Crippen LogP contribution in [-0.2, 0) is 11.2 Å². The molecule has 0 aliphatic rings. The first-order chi connectivity index (χ1) is 7.06. The van der Waals surface area contributed by atoms with E-state index < -0.39 is 0 Å². The van der Waals surface area contributed by atoms with Crippen LogP contribution in [0.2, 0.25) is 0 Å². The first-order valence-electron chi connectivity index (χ1n) is 5.29. The zero-order valence-corrected chi connectivity index (χ0v) is 11.0. The molecule has 0 saturated heterocycles. The fourth-order valence-corrected chi connectivity index (χ4v) is 1.95. The Labute approximate surface area is 99.0 Å². The van der Waals surface area contributed by atoms with E-state index in [1.165, 1.54) is 0 Å². The van der Waals surface area contributed by atoms with E-state index in [2.05, 4.69) is 34.9 Å². The van der Waals surface area contributed by atoms with Crippen molar-refractivity contribution in [3.8, 4) is 0 Å². The molecule has 0 aromatic carbocycles. The molecule has 0 amide bonds. The molecule has 15 heavy (non-hydrogen) atoms. The molecule has 1 rings (SSSR count). The van der Waals surface area contributed by atoms with Gasteiger partial charge in [-0.1, -0.05) is 6.92 Å². The summed E-state index contributed by atoms with van der Waals surface area (Å²) < 4.78 is 2.97. The summed E-state index contributed by atoms with van der Waals surface area (Å²) in [4.78, 5) is 11.3. The molecule has 0 N–H and O–H groups in total. The first-order valence-corrected chi connectivity index (χ1v) is 6.09. The second-order valence-electron chi connectivity index (χ2n) is 3.87. The Morgan fingerprint density at radius 1 is 1.60 bits per heavy atom. The number of halogens is 1. The molecule has 1 aromatic heterocycles. The normalized spacial score (nSPS) is 11.0. The van der Waals surface area contributed by atoms with Crippen LogP contribution in [0.25, 0.3) is 0 Å². The Kier molecular flexibility index (Phi) is 4.51. The number of ketones is 1. The molecule has 0 unspecified atom stereocenters. The first kappa shape index (κ1) is 12.4. The number of hydrogen-bond acceptors (Lipinski definition) is 2. The van der Waals surface area contributed by atoms with Gasteiger partial charge >= 0.3 is 0 Å². The number of hydrogen-bond donors (Lipinski definition) is 0. The highest BCUT2D eigenvalue weighted by molar-refractivity contribution is 9.10. The monoisotopic (exact) mass is 272 g/mol. The van der Waals surface area contributed by atoms with Gasteiger partial charge in [0.2, 0.25) is 0 Å². The summed E-state index contributed by atoms with van der Waals surface area (Å²) in [5.74, 6) is 0.304. The molecule has 0 bridgehead atoms. The predicted octanol–water partition coefficient (Wildman–Crippen LogP) is 3.14. The molecule has 84 valence electrons. The lowest BCUT2D eigenvalue weighted by Crippen LogP contribution is -2.09. The van der Waals surface area contributed by atoms with Gasteiger partial charge < -0.3 is 0 Å². The van der Waals surface area contributed by atoms with Crippen molar-refractivity contribution in [1.82, 2.24) is 9.78 Å². The van der Waals surface area contributed by atoms with Crippen molar-refractivity contribution in [2.45, 2.75) is 46.1 Å². The molecular weight excluding hydrogens is 256 g/mol. The average Bonchev–Trinajstić information content (AvgIpc) is 2.56. The van der Waals surface area contributed by atoms with Crippen LogP contribution in [0.4, 0.5) is 0 Å². The molecule has 0 saturated carbocycles. The number of nitrogens with zero attached hydrogens (tertiary/aromatic N) is 2. The molecule has 1 heterocycles. The molecule has 0 radical (unpaired) electrons. The van der Waals surface area contributed by atoms with Gasteiger partial charge in [-0.25, -0.2) is 0 Å². The standard InChI is InChI=1S/C11H17BrN2O/c1-4-9(15)5-6-11-10(12)7-13-14(11)8(2)3/h7-8H,4-6H2,1-3H3. The Hall–Kier alpha value is -0.640. The minimum Gasteiger partial charge on any atom is -0.300 e. The lowest BCUT2D eigenvalue weighted by Gasteiger charge is -2.10. The van der Waals surface area contributed by atoms with E-state index in [0.717, 1.165) is 16.6 Å². The number of Topliss-reactive ketones (excluding diaryl/α,β-unsaturated/α-hetero) is 1. The van der Waals surface area contributed by atoms with Crippen LogP contribution in [0.5, 0.6) is 0 Å². The largest absolute Gasteiger partial charge is 0.300 e. The highest BCUT2D eigenvalue weighted by Gasteiger charge is 2.12. The van der Waals surface area contributed by atoms with Crippen LogP contribution in [-0.4, -0.2) is 15.6 Å². The van der Waals surface area contributed by atoms with E-state index in [1.807, 2.05) is 11.6 Å². The fourth-order valence-electron chi connectivity index (χ4n) is 1.48. The summed E-state index contributed by atoms with van der Waals surface area (Å²) in [6.45, 7) is 6.08. The van der Waals surface area contributed by atoms with E-state index in [4.69, 9.17) is 0 Å². The lowest BCUT2D eigenvalue weighted by molar-refractivity contribution is -0.118. The van der Waals surface area contributed by atoms with Crippen LogP contribution in [0, 0.1) is 0 Å². The molecule has 3 nitrogen and oxygen atoms in total. The van der Waals surface area contributed by atoms with Gasteiger partial charge in [0.15, 0.2) is 0 Å². The van der Waals surface area contributed by atoms with Crippen molar-refractivity contribution in [2.24, 2.45) is 0 Å². The van der Waals surface area contributed by atoms with Gasteiger partial charge in [-0.3, -0.25) is 9.48 Å². The molecule has 0 aliphatic carbocycles. The molecule has 0 spiro atoms. The van der Waals surface area contributed by atoms with Crippen molar-refractivity contribution in [1.29, 1.82) is 0 Å².